The van der Waals surface area contributed by atoms with Crippen molar-refractivity contribution in [3.05, 3.63) is 18.2 Å². The fourth-order valence-corrected chi connectivity index (χ4v) is 1.22. The molecule has 0 N–H and O–H groups in total. The lowest BCUT2D eigenvalue weighted by Gasteiger charge is -2.09. The van der Waals surface area contributed by atoms with Gasteiger partial charge in [0.15, 0.2) is 0 Å². The van der Waals surface area contributed by atoms with Crippen LogP contribution in [0, 0.1) is 0 Å². The van der Waals surface area contributed by atoms with Gasteiger partial charge in [0.1, 0.15) is 23.5 Å². The summed E-state index contributed by atoms with van der Waals surface area (Å²) < 4.78 is 15.7. The third-order valence-electron chi connectivity index (χ3n) is 2.06. The first kappa shape index (κ1) is 12.4. The molecule has 0 aliphatic heterocycles. The average molecular weight is 224 g/mol. The second-order valence-electron chi connectivity index (χ2n) is 3.21. The Morgan fingerprint density at radius 1 is 1.06 bits per heavy atom. The minimum absolute atomic E-state index is 0.509. The number of rotatable bonds is 7. The lowest BCUT2D eigenvalue weighted by molar-refractivity contribution is -0.108. The van der Waals surface area contributed by atoms with Gasteiger partial charge in [0.2, 0.25) is 0 Å². The Morgan fingerprint density at radius 3 is 2.12 bits per heavy atom. The highest BCUT2D eigenvalue weighted by atomic mass is 16.5. The molecule has 0 bridgehead atoms. The molecule has 0 saturated heterocycles. The number of ether oxygens (including phenoxy) is 3. The van der Waals surface area contributed by atoms with Crippen LogP contribution in [-0.2, 0) is 4.79 Å². The van der Waals surface area contributed by atoms with Gasteiger partial charge >= 0.3 is 0 Å². The summed E-state index contributed by atoms with van der Waals surface area (Å²) in [5.41, 5.74) is 0. The number of carbonyl (C=O) groups is 1. The van der Waals surface area contributed by atoms with E-state index in [1.54, 1.807) is 32.4 Å². The molecular weight excluding hydrogens is 208 g/mol. The number of methoxy groups -OCH3 is 2. The van der Waals surface area contributed by atoms with Gasteiger partial charge in [-0.1, -0.05) is 0 Å². The molecule has 16 heavy (non-hydrogen) atoms. The van der Waals surface area contributed by atoms with E-state index in [0.717, 1.165) is 6.29 Å². The second kappa shape index (κ2) is 6.71. The van der Waals surface area contributed by atoms with E-state index in [9.17, 15) is 4.79 Å². The van der Waals surface area contributed by atoms with Crippen LogP contribution < -0.4 is 14.2 Å². The molecule has 1 aromatic rings. The van der Waals surface area contributed by atoms with E-state index >= 15 is 0 Å². The normalized spacial score (nSPS) is 9.62. The zero-order valence-electron chi connectivity index (χ0n) is 9.56. The van der Waals surface area contributed by atoms with E-state index < -0.39 is 0 Å². The monoisotopic (exact) mass is 224 g/mol. The van der Waals surface area contributed by atoms with E-state index in [2.05, 4.69) is 0 Å². The summed E-state index contributed by atoms with van der Waals surface area (Å²) in [4.78, 5) is 10.1. The average Bonchev–Trinajstić information content (AvgIpc) is 2.34. The van der Waals surface area contributed by atoms with Gasteiger partial charge in [0, 0.05) is 24.6 Å². The first-order valence-electron chi connectivity index (χ1n) is 5.09. The van der Waals surface area contributed by atoms with Crippen molar-refractivity contribution in [3.63, 3.8) is 0 Å². The molecule has 1 rings (SSSR count). The minimum atomic E-state index is 0.509. The molecule has 0 radical (unpaired) electrons. The molecule has 0 saturated carbocycles. The van der Waals surface area contributed by atoms with Crippen molar-refractivity contribution in [2.45, 2.75) is 12.8 Å². The standard InChI is InChI=1S/C12H16O4/c1-14-10-7-11(15-2)9-12(8-10)16-6-4-3-5-13/h5,7-9H,3-4,6H2,1-2H3. The predicted molar refractivity (Wildman–Crippen MR) is 60.3 cm³/mol. The maximum Gasteiger partial charge on any atom is 0.126 e. The van der Waals surface area contributed by atoms with Gasteiger partial charge in [0.05, 0.1) is 20.8 Å². The summed E-state index contributed by atoms with van der Waals surface area (Å²) in [7, 11) is 3.18. The van der Waals surface area contributed by atoms with Gasteiger partial charge in [-0.15, -0.1) is 0 Å². The van der Waals surface area contributed by atoms with Crippen LogP contribution in [0.4, 0.5) is 0 Å². The number of carbonyl (C=O) groups excluding carboxylic acids is 1. The van der Waals surface area contributed by atoms with Crippen LogP contribution in [0.25, 0.3) is 0 Å². The SMILES string of the molecule is COc1cc(OC)cc(OCCCC=O)c1. The maximum absolute atomic E-state index is 10.1. The van der Waals surface area contributed by atoms with Crippen molar-refractivity contribution in [2.24, 2.45) is 0 Å². The molecular formula is C12H16O4. The first-order chi connectivity index (χ1) is 7.80. The molecule has 0 aliphatic rings. The summed E-state index contributed by atoms with van der Waals surface area (Å²) in [6.07, 6.45) is 2.11. The van der Waals surface area contributed by atoms with Crippen molar-refractivity contribution in [1.29, 1.82) is 0 Å². The lowest BCUT2D eigenvalue weighted by atomic mass is 10.3. The number of benzene rings is 1. The highest BCUT2D eigenvalue weighted by Gasteiger charge is 2.02. The molecule has 0 heterocycles. The predicted octanol–water partition coefficient (Wildman–Crippen LogP) is 2.06. The van der Waals surface area contributed by atoms with Crippen LogP contribution in [0.3, 0.4) is 0 Å². The zero-order valence-corrected chi connectivity index (χ0v) is 9.56. The number of unbranched alkanes of at least 4 members (excludes halogenated alkanes) is 1. The quantitative estimate of drug-likeness (QED) is 0.525. The highest BCUT2D eigenvalue weighted by molar-refractivity contribution is 5.49. The van der Waals surface area contributed by atoms with Crippen molar-refractivity contribution < 1.29 is 19.0 Å². The van der Waals surface area contributed by atoms with Gasteiger partial charge < -0.3 is 19.0 Å². The van der Waals surface area contributed by atoms with Crippen LogP contribution in [0.15, 0.2) is 18.2 Å². The smallest absolute Gasteiger partial charge is 0.126 e. The molecule has 4 heteroatoms. The first-order valence-corrected chi connectivity index (χ1v) is 5.09. The molecule has 88 valence electrons. The number of aldehydes is 1. The molecule has 4 nitrogen and oxygen atoms in total. The third-order valence-corrected chi connectivity index (χ3v) is 2.06. The third kappa shape index (κ3) is 3.81. The molecule has 0 amide bonds. The number of hydrogen-bond donors (Lipinski definition) is 0. The largest absolute Gasteiger partial charge is 0.496 e. The second-order valence-corrected chi connectivity index (χ2v) is 3.21. The van der Waals surface area contributed by atoms with Gasteiger partial charge in [-0.2, -0.15) is 0 Å². The van der Waals surface area contributed by atoms with Crippen molar-refractivity contribution in [3.8, 4) is 17.2 Å². The molecule has 0 spiro atoms. The van der Waals surface area contributed by atoms with Crippen LogP contribution in [0.5, 0.6) is 17.2 Å². The van der Waals surface area contributed by atoms with E-state index in [4.69, 9.17) is 14.2 Å². The number of hydrogen-bond acceptors (Lipinski definition) is 4. The van der Waals surface area contributed by atoms with Crippen molar-refractivity contribution in [2.75, 3.05) is 20.8 Å². The van der Waals surface area contributed by atoms with Crippen molar-refractivity contribution >= 4 is 6.29 Å². The molecule has 0 atom stereocenters. The van der Waals surface area contributed by atoms with Gasteiger partial charge in [-0.3, -0.25) is 0 Å². The van der Waals surface area contributed by atoms with Crippen LogP contribution in [0.1, 0.15) is 12.8 Å². The van der Waals surface area contributed by atoms with E-state index in [0.29, 0.717) is 36.7 Å². The Balaban J connectivity index is 2.60. The Hall–Kier alpha value is -1.71. The van der Waals surface area contributed by atoms with Crippen LogP contribution in [-0.4, -0.2) is 27.1 Å². The molecule has 0 aliphatic carbocycles. The summed E-state index contributed by atoms with van der Waals surface area (Å²) in [6.45, 7) is 0.509. The summed E-state index contributed by atoms with van der Waals surface area (Å²) in [5.74, 6) is 2.05. The van der Waals surface area contributed by atoms with E-state index in [1.165, 1.54) is 0 Å². The Kier molecular flexibility index (Phi) is 5.19. The molecule has 1 aromatic carbocycles. The van der Waals surface area contributed by atoms with Gasteiger partial charge in [-0.25, -0.2) is 0 Å². The fraction of sp³-hybridized carbons (Fsp3) is 0.417. The van der Waals surface area contributed by atoms with E-state index in [-0.39, 0.29) is 0 Å². The summed E-state index contributed by atoms with van der Waals surface area (Å²) in [5, 5.41) is 0. The molecule has 0 unspecified atom stereocenters. The van der Waals surface area contributed by atoms with E-state index in [1.807, 2.05) is 0 Å². The zero-order chi connectivity index (χ0) is 11.8. The van der Waals surface area contributed by atoms with Gasteiger partial charge in [0.25, 0.3) is 0 Å². The lowest BCUT2D eigenvalue weighted by Crippen LogP contribution is -1.98. The molecule has 0 aromatic heterocycles. The fourth-order valence-electron chi connectivity index (χ4n) is 1.22. The maximum atomic E-state index is 10.1. The summed E-state index contributed by atoms with van der Waals surface area (Å²) in [6, 6.07) is 5.34. The minimum Gasteiger partial charge on any atom is -0.496 e. The summed E-state index contributed by atoms with van der Waals surface area (Å²) >= 11 is 0. The Labute approximate surface area is 95.1 Å². The Morgan fingerprint density at radius 2 is 1.62 bits per heavy atom. The van der Waals surface area contributed by atoms with Crippen LogP contribution >= 0.6 is 0 Å². The Bertz CT molecular complexity index is 314. The van der Waals surface area contributed by atoms with Crippen molar-refractivity contribution in [1.82, 2.24) is 0 Å². The van der Waals surface area contributed by atoms with Crippen LogP contribution in [0.2, 0.25) is 0 Å². The molecule has 0 fully saturated rings. The van der Waals surface area contributed by atoms with Gasteiger partial charge in [-0.05, 0) is 6.42 Å². The topological polar surface area (TPSA) is 44.8 Å². The highest BCUT2D eigenvalue weighted by Crippen LogP contribution is 2.27.